The van der Waals surface area contributed by atoms with Crippen molar-refractivity contribution in [1.29, 1.82) is 0 Å². The molecule has 5 rings (SSSR count). The molecule has 0 bridgehead atoms. The molecule has 2 aliphatic heterocycles. The monoisotopic (exact) mass is 407 g/mol. The minimum atomic E-state index is -0.0324. The van der Waals surface area contributed by atoms with Gasteiger partial charge >= 0.3 is 0 Å². The maximum atomic E-state index is 12.7. The molecule has 5 heterocycles. The minimum absolute atomic E-state index is 0.0324. The molecule has 2 aliphatic rings. The highest BCUT2D eigenvalue weighted by Crippen LogP contribution is 2.25. The van der Waals surface area contributed by atoms with Gasteiger partial charge in [0, 0.05) is 31.4 Å². The summed E-state index contributed by atoms with van der Waals surface area (Å²) in [4.78, 5) is 35.4. The quantitative estimate of drug-likeness (QED) is 0.592. The molecule has 154 valence electrons. The molecule has 0 unspecified atom stereocenters. The van der Waals surface area contributed by atoms with E-state index in [1.54, 1.807) is 23.1 Å². The number of rotatable bonds is 6. The van der Waals surface area contributed by atoms with Gasteiger partial charge in [-0.05, 0) is 18.6 Å². The first-order valence-electron chi connectivity index (χ1n) is 9.88. The summed E-state index contributed by atoms with van der Waals surface area (Å²) in [5, 5.41) is 7.32. The summed E-state index contributed by atoms with van der Waals surface area (Å²) in [6.45, 7) is 1.88. The first-order chi connectivity index (χ1) is 14.6. The van der Waals surface area contributed by atoms with Crippen LogP contribution in [0.2, 0.25) is 0 Å². The molecule has 0 radical (unpaired) electrons. The number of hydrogen-bond acceptors (Lipinski definition) is 8. The third kappa shape index (κ3) is 3.35. The Morgan fingerprint density at radius 1 is 1.27 bits per heavy atom. The molecule has 0 spiro atoms. The number of nitrogens with one attached hydrogen (secondary N) is 1. The van der Waals surface area contributed by atoms with Crippen LogP contribution in [0.3, 0.4) is 0 Å². The largest absolute Gasteiger partial charge is 0.383 e. The van der Waals surface area contributed by atoms with Gasteiger partial charge in [-0.25, -0.2) is 9.97 Å². The normalized spacial score (nSPS) is 16.8. The molecule has 3 N–H and O–H groups in total. The van der Waals surface area contributed by atoms with Crippen LogP contribution in [0.25, 0.3) is 5.65 Å². The number of carbonyl (C=O) groups excluding carboxylic acids is 2. The highest BCUT2D eigenvalue weighted by atomic mass is 16.5. The second kappa shape index (κ2) is 7.38. The molecule has 1 amide bonds. The van der Waals surface area contributed by atoms with Gasteiger partial charge in [-0.15, -0.1) is 0 Å². The van der Waals surface area contributed by atoms with Crippen molar-refractivity contribution in [2.75, 3.05) is 35.7 Å². The summed E-state index contributed by atoms with van der Waals surface area (Å²) < 4.78 is 6.60. The lowest BCUT2D eigenvalue weighted by Gasteiger charge is -2.24. The zero-order valence-electron chi connectivity index (χ0n) is 16.2. The number of aromatic nitrogens is 4. The fourth-order valence-corrected chi connectivity index (χ4v) is 3.69. The van der Waals surface area contributed by atoms with Crippen molar-refractivity contribution in [2.24, 2.45) is 5.92 Å². The van der Waals surface area contributed by atoms with Gasteiger partial charge in [0.25, 0.3) is 0 Å². The van der Waals surface area contributed by atoms with E-state index < -0.39 is 0 Å². The molecular weight excluding hydrogens is 386 g/mol. The first kappa shape index (κ1) is 18.5. The Balaban J connectivity index is 1.42. The number of Topliss-reactive ketones (excluding diaryl/α,β-unsaturated/α-hetero) is 1. The van der Waals surface area contributed by atoms with Crippen LogP contribution >= 0.6 is 0 Å². The number of ether oxygens (including phenoxy) is 1. The summed E-state index contributed by atoms with van der Waals surface area (Å²) in [7, 11) is 0. The van der Waals surface area contributed by atoms with Gasteiger partial charge in [0.2, 0.25) is 5.91 Å². The van der Waals surface area contributed by atoms with Crippen LogP contribution in [0, 0.1) is 5.92 Å². The van der Waals surface area contributed by atoms with Crippen LogP contribution in [-0.4, -0.2) is 51.0 Å². The van der Waals surface area contributed by atoms with Crippen molar-refractivity contribution >= 4 is 40.6 Å². The number of hydrogen-bond donors (Lipinski definition) is 2. The van der Waals surface area contributed by atoms with Crippen LogP contribution in [0.15, 0.2) is 30.5 Å². The van der Waals surface area contributed by atoms with Crippen LogP contribution in [-0.2, 0) is 9.53 Å². The molecule has 0 atom stereocenters. The second-order valence-corrected chi connectivity index (χ2v) is 7.55. The minimum Gasteiger partial charge on any atom is -0.383 e. The van der Waals surface area contributed by atoms with E-state index in [9.17, 15) is 9.59 Å². The number of ketones is 1. The Labute approximate surface area is 172 Å². The Bertz CT molecular complexity index is 1140. The molecule has 2 fully saturated rings. The molecule has 0 saturated carbocycles. The van der Waals surface area contributed by atoms with E-state index in [1.165, 1.54) is 10.7 Å². The third-order valence-electron chi connectivity index (χ3n) is 5.32. The lowest BCUT2D eigenvalue weighted by Crippen LogP contribution is -2.29. The molecule has 2 saturated heterocycles. The Hall–Kier alpha value is -3.53. The Morgan fingerprint density at radius 2 is 2.13 bits per heavy atom. The van der Waals surface area contributed by atoms with Gasteiger partial charge < -0.3 is 15.8 Å². The van der Waals surface area contributed by atoms with Crippen LogP contribution < -0.4 is 16.0 Å². The first-order valence-corrected chi connectivity index (χ1v) is 9.88. The predicted molar refractivity (Wildman–Crippen MR) is 110 cm³/mol. The average Bonchev–Trinajstić information content (AvgIpc) is 3.31. The van der Waals surface area contributed by atoms with E-state index in [0.717, 1.165) is 6.42 Å². The Morgan fingerprint density at radius 3 is 2.87 bits per heavy atom. The highest BCUT2D eigenvalue weighted by Gasteiger charge is 2.25. The second-order valence-electron chi connectivity index (χ2n) is 7.55. The Kier molecular flexibility index (Phi) is 4.55. The fraction of sp³-hybridized carbons (Fsp3) is 0.350. The average molecular weight is 407 g/mol. The lowest BCUT2D eigenvalue weighted by atomic mass is 9.98. The van der Waals surface area contributed by atoms with Crippen LogP contribution in [0.1, 0.15) is 29.6 Å². The summed E-state index contributed by atoms with van der Waals surface area (Å²) in [6.07, 6.45) is 3.27. The molecule has 10 nitrogen and oxygen atoms in total. The highest BCUT2D eigenvalue weighted by molar-refractivity contribution is 6.01. The molecule has 3 aromatic heterocycles. The lowest BCUT2D eigenvalue weighted by molar-refractivity contribution is -0.117. The van der Waals surface area contributed by atoms with E-state index in [0.29, 0.717) is 67.1 Å². The zero-order valence-corrected chi connectivity index (χ0v) is 16.2. The molecule has 0 aliphatic carbocycles. The maximum absolute atomic E-state index is 12.7. The van der Waals surface area contributed by atoms with Crippen LogP contribution in [0.4, 0.5) is 23.3 Å². The summed E-state index contributed by atoms with van der Waals surface area (Å²) in [5.41, 5.74) is 6.96. The molecular formula is C20H21N7O3. The molecule has 0 aromatic carbocycles. The van der Waals surface area contributed by atoms with Crippen LogP contribution in [0.5, 0.6) is 0 Å². The van der Waals surface area contributed by atoms with E-state index in [4.69, 9.17) is 10.5 Å². The number of carbonyl (C=O) groups is 2. The van der Waals surface area contributed by atoms with Gasteiger partial charge in [0.05, 0.1) is 25.0 Å². The van der Waals surface area contributed by atoms with Gasteiger partial charge in [-0.2, -0.15) is 9.61 Å². The van der Waals surface area contributed by atoms with Crippen molar-refractivity contribution in [2.45, 2.75) is 19.3 Å². The fourth-order valence-electron chi connectivity index (χ4n) is 3.69. The van der Waals surface area contributed by atoms with Crippen molar-refractivity contribution in [1.82, 2.24) is 19.6 Å². The number of nitrogen functional groups attached to an aromatic ring is 1. The van der Waals surface area contributed by atoms with E-state index >= 15 is 0 Å². The van der Waals surface area contributed by atoms with Gasteiger partial charge in [0.1, 0.15) is 23.3 Å². The van der Waals surface area contributed by atoms with Gasteiger partial charge in [0.15, 0.2) is 11.4 Å². The third-order valence-corrected chi connectivity index (χ3v) is 5.32. The number of nitrogens with zero attached hydrogens (tertiary/aromatic N) is 5. The number of nitrogens with two attached hydrogens (primary N) is 1. The number of fused-ring (bicyclic) bond motifs is 1. The van der Waals surface area contributed by atoms with Crippen molar-refractivity contribution < 1.29 is 14.3 Å². The SMILES string of the molecule is Nc1cc(Nc2cccc(N3CCCC3=O)n2)nc2c(C(=O)CC3COC3)cnn12. The van der Waals surface area contributed by atoms with E-state index in [1.807, 2.05) is 6.07 Å². The van der Waals surface area contributed by atoms with Gasteiger partial charge in [-0.1, -0.05) is 6.07 Å². The molecule has 3 aromatic rings. The van der Waals surface area contributed by atoms with Crippen molar-refractivity contribution in [3.63, 3.8) is 0 Å². The van der Waals surface area contributed by atoms with E-state index in [2.05, 4.69) is 20.4 Å². The summed E-state index contributed by atoms with van der Waals surface area (Å²) in [5.74, 6) is 2.20. The van der Waals surface area contributed by atoms with E-state index in [-0.39, 0.29) is 17.6 Å². The number of anilines is 4. The molecule has 30 heavy (non-hydrogen) atoms. The smallest absolute Gasteiger partial charge is 0.228 e. The topological polar surface area (TPSA) is 128 Å². The standard InChI is InChI=1S/C20H21N7O3/c21-15-8-17(23-16-3-1-4-18(24-16)26-6-2-5-19(26)29)25-20-13(9-22-27(15)20)14(28)7-12-10-30-11-12/h1,3-4,8-9,12H,2,5-7,10-11,21H2,(H,23,24,25). The number of amides is 1. The van der Waals surface area contributed by atoms with Crippen molar-refractivity contribution in [3.05, 3.63) is 36.0 Å². The zero-order chi connectivity index (χ0) is 20.7. The van der Waals surface area contributed by atoms with Crippen molar-refractivity contribution in [3.8, 4) is 0 Å². The summed E-state index contributed by atoms with van der Waals surface area (Å²) >= 11 is 0. The maximum Gasteiger partial charge on any atom is 0.228 e. The number of pyridine rings is 1. The predicted octanol–water partition coefficient (Wildman–Crippen LogP) is 1.80. The summed E-state index contributed by atoms with van der Waals surface area (Å²) in [6, 6.07) is 7.04. The van der Waals surface area contributed by atoms with Gasteiger partial charge in [-0.3, -0.25) is 14.5 Å². The molecule has 10 heteroatoms.